The number of hydrogen-bond acceptors (Lipinski definition) is 1. The van der Waals surface area contributed by atoms with Crippen LogP contribution in [-0.2, 0) is 11.2 Å². The molecule has 21 heavy (non-hydrogen) atoms. The Hall–Kier alpha value is -1.95. The summed E-state index contributed by atoms with van der Waals surface area (Å²) in [4.78, 5) is 11.8. The molecule has 2 aromatic carbocycles. The molecular weight excluding hydrogens is 305 g/mol. The Morgan fingerprint density at radius 1 is 1.00 bits per heavy atom. The molecule has 0 atom stereocenters. The van der Waals surface area contributed by atoms with E-state index in [2.05, 4.69) is 17.2 Å². The van der Waals surface area contributed by atoms with Gasteiger partial charge in [-0.25, -0.2) is 0 Å². The first-order valence-corrected chi connectivity index (χ1v) is 7.16. The quantitative estimate of drug-likeness (QED) is 0.859. The van der Waals surface area contributed by atoms with Gasteiger partial charge in [-0.3, -0.25) is 4.79 Å². The zero-order chi connectivity index (χ0) is 15.1. The minimum absolute atomic E-state index is 0.114. The second kappa shape index (κ2) is 7.73. The predicted octanol–water partition coefficient (Wildman–Crippen LogP) is 3.70. The lowest BCUT2D eigenvalue weighted by Gasteiger charge is -2.03. The number of rotatable bonds is 3. The number of carbonyl (C=O) groups is 1. The third-order valence-electron chi connectivity index (χ3n) is 2.78. The Bertz CT molecular complexity index is 701. The van der Waals surface area contributed by atoms with Gasteiger partial charge in [-0.05, 0) is 23.8 Å². The van der Waals surface area contributed by atoms with Crippen LogP contribution in [0.4, 0.5) is 0 Å². The Morgan fingerprint density at radius 3 is 2.38 bits per heavy atom. The van der Waals surface area contributed by atoms with E-state index in [-0.39, 0.29) is 18.9 Å². The molecule has 2 nitrogen and oxygen atoms in total. The fourth-order valence-corrected chi connectivity index (χ4v) is 2.11. The summed E-state index contributed by atoms with van der Waals surface area (Å²) in [5.41, 5.74) is 1.55. The minimum atomic E-state index is -0.114. The van der Waals surface area contributed by atoms with E-state index >= 15 is 0 Å². The smallest absolute Gasteiger partial charge is 0.225 e. The highest BCUT2D eigenvalue weighted by molar-refractivity contribution is 6.32. The first-order chi connectivity index (χ1) is 10.2. The molecule has 0 aliphatic rings. The van der Waals surface area contributed by atoms with Crippen molar-refractivity contribution in [3.8, 4) is 11.8 Å². The molecule has 0 aromatic heterocycles. The third-order valence-corrected chi connectivity index (χ3v) is 3.48. The highest BCUT2D eigenvalue weighted by Gasteiger charge is 2.05. The van der Waals surface area contributed by atoms with Crippen LogP contribution in [0, 0.1) is 11.8 Å². The van der Waals surface area contributed by atoms with Crippen molar-refractivity contribution in [1.29, 1.82) is 0 Å². The van der Waals surface area contributed by atoms with E-state index in [4.69, 9.17) is 23.2 Å². The Kier molecular flexibility index (Phi) is 5.68. The maximum Gasteiger partial charge on any atom is 0.225 e. The number of carbonyl (C=O) groups excluding carboxylic acids is 1. The molecule has 0 fully saturated rings. The van der Waals surface area contributed by atoms with Gasteiger partial charge in [-0.15, -0.1) is 0 Å². The molecule has 0 radical (unpaired) electrons. The molecule has 0 bridgehead atoms. The van der Waals surface area contributed by atoms with Gasteiger partial charge in [0.2, 0.25) is 5.91 Å². The summed E-state index contributed by atoms with van der Waals surface area (Å²) in [6.45, 7) is 0.272. The van der Waals surface area contributed by atoms with Gasteiger partial charge in [0.1, 0.15) is 0 Å². The summed E-state index contributed by atoms with van der Waals surface area (Å²) in [7, 11) is 0. The molecule has 2 aromatic rings. The van der Waals surface area contributed by atoms with Crippen molar-refractivity contribution in [2.75, 3.05) is 6.54 Å². The van der Waals surface area contributed by atoms with Gasteiger partial charge in [0.15, 0.2) is 0 Å². The van der Waals surface area contributed by atoms with E-state index in [9.17, 15) is 4.79 Å². The number of amides is 1. The number of hydrogen-bond donors (Lipinski definition) is 1. The molecule has 0 aliphatic heterocycles. The molecule has 1 N–H and O–H groups in total. The first-order valence-electron chi connectivity index (χ1n) is 6.40. The van der Waals surface area contributed by atoms with Crippen LogP contribution in [0.25, 0.3) is 0 Å². The summed E-state index contributed by atoms with van der Waals surface area (Å²) >= 11 is 12.0. The van der Waals surface area contributed by atoms with Crippen LogP contribution in [0.2, 0.25) is 10.0 Å². The summed E-state index contributed by atoms with van der Waals surface area (Å²) < 4.78 is 0. The fraction of sp³-hybridized carbons (Fsp3) is 0.118. The van der Waals surface area contributed by atoms with E-state index < -0.39 is 0 Å². The third kappa shape index (κ3) is 4.82. The van der Waals surface area contributed by atoms with Crippen molar-refractivity contribution in [3.63, 3.8) is 0 Å². The lowest BCUT2D eigenvalue weighted by molar-refractivity contribution is -0.120. The SMILES string of the molecule is O=C(Cc1ccccc1Cl)NCC#Cc1ccccc1Cl. The van der Waals surface area contributed by atoms with Crippen LogP contribution >= 0.6 is 23.2 Å². The normalized spacial score (nSPS) is 9.62. The maximum absolute atomic E-state index is 11.8. The Labute approximate surface area is 134 Å². The van der Waals surface area contributed by atoms with Crippen molar-refractivity contribution in [2.24, 2.45) is 0 Å². The van der Waals surface area contributed by atoms with E-state index in [1.807, 2.05) is 36.4 Å². The molecule has 0 saturated carbocycles. The molecule has 2 rings (SSSR count). The molecule has 0 saturated heterocycles. The molecule has 0 unspecified atom stereocenters. The molecular formula is C17H13Cl2NO. The summed E-state index contributed by atoms with van der Waals surface area (Å²) in [6, 6.07) is 14.6. The maximum atomic E-state index is 11.8. The number of halogens is 2. The van der Waals surface area contributed by atoms with Gasteiger partial charge in [0, 0.05) is 10.6 Å². The van der Waals surface area contributed by atoms with Gasteiger partial charge in [-0.2, -0.15) is 0 Å². The van der Waals surface area contributed by atoms with Crippen molar-refractivity contribution >= 4 is 29.1 Å². The van der Waals surface area contributed by atoms with Crippen LogP contribution in [0.5, 0.6) is 0 Å². The zero-order valence-corrected chi connectivity index (χ0v) is 12.7. The minimum Gasteiger partial charge on any atom is -0.345 e. The van der Waals surface area contributed by atoms with Crippen LogP contribution in [0.3, 0.4) is 0 Å². The monoisotopic (exact) mass is 317 g/mol. The standard InChI is InChI=1S/C17H13Cl2NO/c18-15-9-3-1-6-13(15)8-5-11-20-17(21)12-14-7-2-4-10-16(14)19/h1-4,6-7,9-10H,11-12H2,(H,20,21). The largest absolute Gasteiger partial charge is 0.345 e. The fourth-order valence-electron chi connectivity index (χ4n) is 1.72. The van der Waals surface area contributed by atoms with Crippen molar-refractivity contribution in [2.45, 2.75) is 6.42 Å². The van der Waals surface area contributed by atoms with Crippen molar-refractivity contribution in [3.05, 3.63) is 69.7 Å². The lowest BCUT2D eigenvalue weighted by atomic mass is 10.1. The molecule has 4 heteroatoms. The average Bonchev–Trinajstić information content (AvgIpc) is 2.48. The lowest BCUT2D eigenvalue weighted by Crippen LogP contribution is -2.25. The van der Waals surface area contributed by atoms with Gasteiger partial charge >= 0.3 is 0 Å². The van der Waals surface area contributed by atoms with Crippen molar-refractivity contribution < 1.29 is 4.79 Å². The summed E-state index contributed by atoms with van der Waals surface area (Å²) in [6.07, 6.45) is 0.243. The first kappa shape index (κ1) is 15.4. The molecule has 106 valence electrons. The predicted molar refractivity (Wildman–Crippen MR) is 86.5 cm³/mol. The number of nitrogens with one attached hydrogen (secondary N) is 1. The van der Waals surface area contributed by atoms with E-state index in [0.717, 1.165) is 11.1 Å². The van der Waals surface area contributed by atoms with E-state index in [1.54, 1.807) is 12.1 Å². The van der Waals surface area contributed by atoms with Crippen LogP contribution in [0.1, 0.15) is 11.1 Å². The Balaban J connectivity index is 1.86. The van der Waals surface area contributed by atoms with Crippen LogP contribution in [-0.4, -0.2) is 12.5 Å². The topological polar surface area (TPSA) is 29.1 Å². The van der Waals surface area contributed by atoms with Crippen molar-refractivity contribution in [1.82, 2.24) is 5.32 Å². The second-order valence-electron chi connectivity index (χ2n) is 4.33. The Morgan fingerprint density at radius 2 is 1.67 bits per heavy atom. The molecule has 0 spiro atoms. The zero-order valence-electron chi connectivity index (χ0n) is 11.2. The van der Waals surface area contributed by atoms with Gasteiger partial charge < -0.3 is 5.32 Å². The molecule has 0 aliphatic carbocycles. The average molecular weight is 318 g/mol. The summed E-state index contributed by atoms with van der Waals surface area (Å²) in [5.74, 6) is 5.68. The summed E-state index contributed by atoms with van der Waals surface area (Å²) in [5, 5.41) is 3.93. The second-order valence-corrected chi connectivity index (χ2v) is 5.14. The van der Waals surface area contributed by atoms with E-state index in [1.165, 1.54) is 0 Å². The van der Waals surface area contributed by atoms with Gasteiger partial charge in [-0.1, -0.05) is 65.4 Å². The number of benzene rings is 2. The van der Waals surface area contributed by atoms with E-state index in [0.29, 0.717) is 10.0 Å². The van der Waals surface area contributed by atoms with Crippen LogP contribution < -0.4 is 5.32 Å². The van der Waals surface area contributed by atoms with Crippen LogP contribution in [0.15, 0.2) is 48.5 Å². The highest BCUT2D eigenvalue weighted by Crippen LogP contribution is 2.15. The van der Waals surface area contributed by atoms with Gasteiger partial charge in [0.05, 0.1) is 18.0 Å². The molecule has 1 amide bonds. The highest BCUT2D eigenvalue weighted by atomic mass is 35.5. The molecule has 0 heterocycles. The van der Waals surface area contributed by atoms with Gasteiger partial charge in [0.25, 0.3) is 0 Å².